The van der Waals surface area contributed by atoms with Gasteiger partial charge in [0.2, 0.25) is 0 Å². The van der Waals surface area contributed by atoms with Crippen LogP contribution in [-0.4, -0.2) is 13.4 Å². The van der Waals surface area contributed by atoms with E-state index in [9.17, 15) is 4.79 Å². The molecule has 2 heteroatoms. The van der Waals surface area contributed by atoms with Crippen molar-refractivity contribution in [2.75, 3.05) is 7.11 Å². The minimum Gasteiger partial charge on any atom is -0.496 e. The van der Waals surface area contributed by atoms with Gasteiger partial charge in [0.25, 0.3) is 0 Å². The van der Waals surface area contributed by atoms with Crippen LogP contribution in [0.4, 0.5) is 0 Å². The molecular weight excluding hydrogens is 188 g/mol. The molecule has 0 amide bonds. The number of carbonyl (C=O) groups is 1. The van der Waals surface area contributed by atoms with Crippen molar-refractivity contribution in [3.63, 3.8) is 0 Å². The van der Waals surface area contributed by atoms with Crippen LogP contribution in [0.25, 0.3) is 0 Å². The molecule has 1 rings (SSSR count). The first kappa shape index (κ1) is 11.8. The molecule has 0 fully saturated rings. The topological polar surface area (TPSA) is 26.3 Å². The first-order valence-electron chi connectivity index (χ1n) is 5.30. The Labute approximate surface area is 91.3 Å². The maximum atomic E-state index is 10.8. The van der Waals surface area contributed by atoms with Gasteiger partial charge in [-0.05, 0) is 37.0 Å². The standard InChI is InChI=1S/C13H18O2/c1-4-11(9-14)8-12-6-5-10(2)7-13(12)15-3/h5-7,9,11H,4,8H2,1-3H3. The predicted octanol–water partition coefficient (Wildman–Crippen LogP) is 2.77. The molecule has 0 aromatic heterocycles. The van der Waals surface area contributed by atoms with Crippen molar-refractivity contribution in [3.8, 4) is 5.75 Å². The second-order valence-corrected chi connectivity index (χ2v) is 3.82. The summed E-state index contributed by atoms with van der Waals surface area (Å²) in [4.78, 5) is 10.8. The summed E-state index contributed by atoms with van der Waals surface area (Å²) >= 11 is 0. The number of rotatable bonds is 5. The number of aryl methyl sites for hydroxylation is 1. The van der Waals surface area contributed by atoms with E-state index in [0.29, 0.717) is 0 Å². The van der Waals surface area contributed by atoms with Crippen molar-refractivity contribution in [3.05, 3.63) is 29.3 Å². The minimum atomic E-state index is 0.0987. The quantitative estimate of drug-likeness (QED) is 0.692. The van der Waals surface area contributed by atoms with Crippen molar-refractivity contribution < 1.29 is 9.53 Å². The molecular formula is C13H18O2. The summed E-state index contributed by atoms with van der Waals surface area (Å²) in [6, 6.07) is 6.10. The van der Waals surface area contributed by atoms with Gasteiger partial charge in [-0.25, -0.2) is 0 Å². The van der Waals surface area contributed by atoms with E-state index in [1.807, 2.05) is 26.0 Å². The lowest BCUT2D eigenvalue weighted by molar-refractivity contribution is -0.111. The molecule has 0 aliphatic carbocycles. The largest absolute Gasteiger partial charge is 0.496 e. The van der Waals surface area contributed by atoms with Gasteiger partial charge in [-0.3, -0.25) is 0 Å². The number of hydrogen-bond acceptors (Lipinski definition) is 2. The lowest BCUT2D eigenvalue weighted by atomic mass is 9.97. The highest BCUT2D eigenvalue weighted by Gasteiger charge is 2.09. The van der Waals surface area contributed by atoms with Gasteiger partial charge in [0.15, 0.2) is 0 Å². The Kier molecular flexibility index (Phi) is 4.35. The summed E-state index contributed by atoms with van der Waals surface area (Å²) in [5.41, 5.74) is 2.29. The summed E-state index contributed by atoms with van der Waals surface area (Å²) in [6.07, 6.45) is 2.67. The molecule has 0 heterocycles. The van der Waals surface area contributed by atoms with E-state index in [0.717, 1.165) is 30.4 Å². The maximum Gasteiger partial charge on any atom is 0.123 e. The SMILES string of the molecule is CCC(C=O)Cc1ccc(C)cc1OC. The normalized spacial score (nSPS) is 12.2. The molecule has 0 aliphatic rings. The van der Waals surface area contributed by atoms with Gasteiger partial charge in [-0.2, -0.15) is 0 Å². The van der Waals surface area contributed by atoms with Crippen LogP contribution in [0.15, 0.2) is 18.2 Å². The smallest absolute Gasteiger partial charge is 0.123 e. The van der Waals surface area contributed by atoms with Gasteiger partial charge in [0.1, 0.15) is 12.0 Å². The lowest BCUT2D eigenvalue weighted by Gasteiger charge is -2.12. The highest BCUT2D eigenvalue weighted by molar-refractivity contribution is 5.55. The molecule has 0 N–H and O–H groups in total. The van der Waals surface area contributed by atoms with Crippen molar-refractivity contribution in [2.24, 2.45) is 5.92 Å². The third-order valence-corrected chi connectivity index (χ3v) is 2.64. The Bertz CT molecular complexity index is 331. The fraction of sp³-hybridized carbons (Fsp3) is 0.462. The van der Waals surface area contributed by atoms with Gasteiger partial charge in [-0.1, -0.05) is 19.1 Å². The second-order valence-electron chi connectivity index (χ2n) is 3.82. The summed E-state index contributed by atoms with van der Waals surface area (Å²) in [5.74, 6) is 0.983. The zero-order chi connectivity index (χ0) is 11.3. The van der Waals surface area contributed by atoms with E-state index in [1.54, 1.807) is 7.11 Å². The van der Waals surface area contributed by atoms with Crippen molar-refractivity contribution in [1.82, 2.24) is 0 Å². The highest BCUT2D eigenvalue weighted by Crippen LogP contribution is 2.23. The van der Waals surface area contributed by atoms with E-state index in [4.69, 9.17) is 4.74 Å². The van der Waals surface area contributed by atoms with Gasteiger partial charge in [0.05, 0.1) is 7.11 Å². The van der Waals surface area contributed by atoms with Gasteiger partial charge >= 0.3 is 0 Å². The van der Waals surface area contributed by atoms with Gasteiger partial charge in [0, 0.05) is 5.92 Å². The van der Waals surface area contributed by atoms with Crippen LogP contribution in [0.3, 0.4) is 0 Å². The molecule has 0 aliphatic heterocycles. The maximum absolute atomic E-state index is 10.8. The van der Waals surface area contributed by atoms with E-state index >= 15 is 0 Å². The van der Waals surface area contributed by atoms with E-state index in [1.165, 1.54) is 5.56 Å². The fourth-order valence-corrected chi connectivity index (χ4v) is 1.59. The Morgan fingerprint density at radius 3 is 2.73 bits per heavy atom. The van der Waals surface area contributed by atoms with Crippen LogP contribution in [0.2, 0.25) is 0 Å². The van der Waals surface area contributed by atoms with Crippen molar-refractivity contribution in [2.45, 2.75) is 26.7 Å². The van der Waals surface area contributed by atoms with E-state index in [-0.39, 0.29) is 5.92 Å². The van der Waals surface area contributed by atoms with Crippen LogP contribution in [-0.2, 0) is 11.2 Å². The molecule has 1 aromatic rings. The number of benzene rings is 1. The summed E-state index contributed by atoms with van der Waals surface area (Å²) in [5, 5.41) is 0. The Morgan fingerprint density at radius 2 is 2.20 bits per heavy atom. The summed E-state index contributed by atoms with van der Waals surface area (Å²) < 4.78 is 5.30. The molecule has 82 valence electrons. The average Bonchev–Trinajstić information content (AvgIpc) is 2.27. The Balaban J connectivity index is 2.88. The molecule has 0 saturated carbocycles. The molecule has 0 bridgehead atoms. The average molecular weight is 206 g/mol. The number of ether oxygens (including phenoxy) is 1. The molecule has 2 nitrogen and oxygen atoms in total. The Morgan fingerprint density at radius 1 is 1.47 bits per heavy atom. The number of methoxy groups -OCH3 is 1. The molecule has 1 unspecified atom stereocenters. The molecule has 1 atom stereocenters. The first-order valence-corrected chi connectivity index (χ1v) is 5.30. The van der Waals surface area contributed by atoms with Gasteiger partial charge in [-0.15, -0.1) is 0 Å². The van der Waals surface area contributed by atoms with Crippen molar-refractivity contribution >= 4 is 6.29 Å². The third-order valence-electron chi connectivity index (χ3n) is 2.64. The van der Waals surface area contributed by atoms with Crippen molar-refractivity contribution in [1.29, 1.82) is 0 Å². The van der Waals surface area contributed by atoms with E-state index < -0.39 is 0 Å². The number of aldehydes is 1. The fourth-order valence-electron chi connectivity index (χ4n) is 1.59. The zero-order valence-corrected chi connectivity index (χ0v) is 9.62. The highest BCUT2D eigenvalue weighted by atomic mass is 16.5. The Hall–Kier alpha value is -1.31. The molecule has 15 heavy (non-hydrogen) atoms. The zero-order valence-electron chi connectivity index (χ0n) is 9.62. The minimum absolute atomic E-state index is 0.0987. The molecule has 0 saturated heterocycles. The summed E-state index contributed by atoms with van der Waals surface area (Å²) in [7, 11) is 1.67. The predicted molar refractivity (Wildman–Crippen MR) is 61.3 cm³/mol. The van der Waals surface area contributed by atoms with Crippen LogP contribution < -0.4 is 4.74 Å². The lowest BCUT2D eigenvalue weighted by Crippen LogP contribution is -2.05. The van der Waals surface area contributed by atoms with Gasteiger partial charge < -0.3 is 9.53 Å². The van der Waals surface area contributed by atoms with Crippen LogP contribution >= 0.6 is 0 Å². The van der Waals surface area contributed by atoms with Crippen LogP contribution in [0.1, 0.15) is 24.5 Å². The van der Waals surface area contributed by atoms with Crippen LogP contribution in [0.5, 0.6) is 5.75 Å². The third kappa shape index (κ3) is 3.08. The van der Waals surface area contributed by atoms with Crippen LogP contribution in [0, 0.1) is 12.8 Å². The monoisotopic (exact) mass is 206 g/mol. The second kappa shape index (κ2) is 5.54. The summed E-state index contributed by atoms with van der Waals surface area (Å²) in [6.45, 7) is 4.06. The molecule has 0 radical (unpaired) electrons. The molecule has 0 spiro atoms. The first-order chi connectivity index (χ1) is 7.21. The number of carbonyl (C=O) groups excluding carboxylic acids is 1. The molecule has 1 aromatic carbocycles. The number of hydrogen-bond donors (Lipinski definition) is 0. The van der Waals surface area contributed by atoms with E-state index in [2.05, 4.69) is 6.07 Å².